The maximum atomic E-state index is 13.5. The lowest BCUT2D eigenvalue weighted by molar-refractivity contribution is -0.120. The molecule has 0 atom stereocenters. The van der Waals surface area contributed by atoms with E-state index in [1.54, 1.807) is 49.6 Å². The van der Waals surface area contributed by atoms with Gasteiger partial charge in [0.25, 0.3) is 11.8 Å². The average Bonchev–Trinajstić information content (AvgIpc) is 2.98. The first-order valence-electron chi connectivity index (χ1n) is 9.48. The van der Waals surface area contributed by atoms with Gasteiger partial charge in [-0.15, -0.1) is 0 Å². The standard InChI is InChI=1S/C22H20Cl2N2O3/c1-29-18-7-5-14(6-8-18)19-20(25-9-3-2-4-10-25)22(28)26(21(19)27)17-12-15(23)11-16(24)13-17/h5-8,11-13H,2-4,9-10H2,1H3. The first-order chi connectivity index (χ1) is 14.0. The molecule has 2 aliphatic heterocycles. The molecule has 0 aliphatic carbocycles. The third kappa shape index (κ3) is 3.72. The summed E-state index contributed by atoms with van der Waals surface area (Å²) in [5.74, 6) is -0.0377. The van der Waals surface area contributed by atoms with Crippen LogP contribution in [-0.2, 0) is 9.59 Å². The summed E-state index contributed by atoms with van der Waals surface area (Å²) in [4.78, 5) is 30.1. The quantitative estimate of drug-likeness (QED) is 0.655. The Morgan fingerprint density at radius 3 is 2.07 bits per heavy atom. The van der Waals surface area contributed by atoms with Crippen LogP contribution in [0.5, 0.6) is 5.75 Å². The second-order valence-corrected chi connectivity index (χ2v) is 7.95. The van der Waals surface area contributed by atoms with Crippen molar-refractivity contribution in [2.75, 3.05) is 25.1 Å². The SMILES string of the molecule is COc1ccc(C2=C(N3CCCCC3)C(=O)N(c3cc(Cl)cc(Cl)c3)C2=O)cc1. The van der Waals surface area contributed by atoms with E-state index in [-0.39, 0.29) is 11.8 Å². The molecule has 0 N–H and O–H groups in total. The minimum Gasteiger partial charge on any atom is -0.497 e. The molecular formula is C22H20Cl2N2O3. The van der Waals surface area contributed by atoms with Gasteiger partial charge in [-0.05, 0) is 55.2 Å². The van der Waals surface area contributed by atoms with Crippen molar-refractivity contribution in [3.05, 3.63) is 63.8 Å². The van der Waals surface area contributed by atoms with E-state index in [1.807, 2.05) is 4.90 Å². The van der Waals surface area contributed by atoms with Gasteiger partial charge in [0.1, 0.15) is 11.4 Å². The van der Waals surface area contributed by atoms with Crippen LogP contribution in [-0.4, -0.2) is 36.9 Å². The van der Waals surface area contributed by atoms with Gasteiger partial charge in [-0.1, -0.05) is 35.3 Å². The smallest absolute Gasteiger partial charge is 0.282 e. The summed E-state index contributed by atoms with van der Waals surface area (Å²) in [7, 11) is 1.59. The van der Waals surface area contributed by atoms with Crippen LogP contribution in [0.3, 0.4) is 0 Å². The largest absolute Gasteiger partial charge is 0.497 e. The number of anilines is 1. The van der Waals surface area contributed by atoms with Gasteiger partial charge >= 0.3 is 0 Å². The maximum absolute atomic E-state index is 13.5. The van der Waals surface area contributed by atoms with E-state index in [2.05, 4.69) is 0 Å². The van der Waals surface area contributed by atoms with Crippen LogP contribution in [0, 0.1) is 0 Å². The molecule has 7 heteroatoms. The van der Waals surface area contributed by atoms with Crippen LogP contribution >= 0.6 is 23.2 Å². The number of hydrogen-bond acceptors (Lipinski definition) is 4. The number of amides is 2. The van der Waals surface area contributed by atoms with Gasteiger partial charge in [0, 0.05) is 23.1 Å². The first kappa shape index (κ1) is 19.8. The second-order valence-electron chi connectivity index (χ2n) is 7.07. The number of benzene rings is 2. The van der Waals surface area contributed by atoms with E-state index in [0.29, 0.717) is 38.3 Å². The predicted octanol–water partition coefficient (Wildman–Crippen LogP) is 4.77. The monoisotopic (exact) mass is 430 g/mol. The molecule has 150 valence electrons. The zero-order valence-corrected chi connectivity index (χ0v) is 17.5. The van der Waals surface area contributed by atoms with Crippen LogP contribution in [0.15, 0.2) is 48.2 Å². The fraction of sp³-hybridized carbons (Fsp3) is 0.273. The van der Waals surface area contributed by atoms with Crippen LogP contribution in [0.2, 0.25) is 10.0 Å². The van der Waals surface area contributed by atoms with Crippen LogP contribution in [0.1, 0.15) is 24.8 Å². The molecule has 2 aromatic rings. The Morgan fingerprint density at radius 2 is 1.48 bits per heavy atom. The lowest BCUT2D eigenvalue weighted by atomic mass is 10.0. The molecule has 1 fully saturated rings. The second kappa shape index (κ2) is 8.09. The highest BCUT2D eigenvalue weighted by Crippen LogP contribution is 2.37. The molecule has 2 aromatic carbocycles. The van der Waals surface area contributed by atoms with Crippen molar-refractivity contribution in [2.45, 2.75) is 19.3 Å². The number of methoxy groups -OCH3 is 1. The molecule has 2 amide bonds. The van der Waals surface area contributed by atoms with Gasteiger partial charge in [0.15, 0.2) is 0 Å². The summed E-state index contributed by atoms with van der Waals surface area (Å²) in [5.41, 5.74) is 1.89. The minimum absolute atomic E-state index is 0.346. The normalized spacial score (nSPS) is 17.3. The number of ether oxygens (including phenoxy) is 1. The summed E-state index contributed by atoms with van der Waals surface area (Å²) in [5, 5.41) is 0.732. The number of carbonyl (C=O) groups is 2. The van der Waals surface area contributed by atoms with Crippen LogP contribution < -0.4 is 9.64 Å². The number of hydrogen-bond donors (Lipinski definition) is 0. The third-order valence-corrected chi connectivity index (χ3v) is 5.65. The fourth-order valence-electron chi connectivity index (χ4n) is 3.85. The van der Waals surface area contributed by atoms with Crippen molar-refractivity contribution in [3.8, 4) is 5.75 Å². The molecule has 1 saturated heterocycles. The van der Waals surface area contributed by atoms with Gasteiger partial charge < -0.3 is 9.64 Å². The predicted molar refractivity (Wildman–Crippen MR) is 114 cm³/mol. The van der Waals surface area contributed by atoms with Gasteiger partial charge in [0.05, 0.1) is 18.4 Å². The third-order valence-electron chi connectivity index (χ3n) is 5.22. The van der Waals surface area contributed by atoms with Crippen molar-refractivity contribution in [1.29, 1.82) is 0 Å². The number of imide groups is 1. The number of carbonyl (C=O) groups excluding carboxylic acids is 2. The molecule has 0 bridgehead atoms. The first-order valence-corrected chi connectivity index (χ1v) is 10.2. The number of halogens is 2. The Kier molecular flexibility index (Phi) is 5.52. The van der Waals surface area contributed by atoms with Gasteiger partial charge in [0.2, 0.25) is 0 Å². The number of likely N-dealkylation sites (tertiary alicyclic amines) is 1. The molecule has 4 rings (SSSR count). The lowest BCUT2D eigenvalue weighted by Gasteiger charge is -2.29. The molecule has 0 aromatic heterocycles. The maximum Gasteiger partial charge on any atom is 0.282 e. The number of piperidine rings is 1. The molecule has 2 aliphatic rings. The summed E-state index contributed by atoms with van der Waals surface area (Å²) in [6, 6.07) is 11.9. The van der Waals surface area contributed by atoms with Crippen molar-refractivity contribution in [3.63, 3.8) is 0 Å². The molecule has 29 heavy (non-hydrogen) atoms. The van der Waals surface area contributed by atoms with E-state index in [9.17, 15) is 9.59 Å². The van der Waals surface area contributed by atoms with Gasteiger partial charge in [-0.3, -0.25) is 9.59 Å². The zero-order valence-electron chi connectivity index (χ0n) is 16.0. The summed E-state index contributed by atoms with van der Waals surface area (Å²) in [6.07, 6.45) is 3.10. The Morgan fingerprint density at radius 1 is 0.862 bits per heavy atom. The number of nitrogens with zero attached hydrogens (tertiary/aromatic N) is 2. The summed E-state index contributed by atoms with van der Waals surface area (Å²) >= 11 is 12.2. The van der Waals surface area contributed by atoms with Crippen LogP contribution in [0.25, 0.3) is 5.57 Å². The number of rotatable bonds is 4. The van der Waals surface area contributed by atoms with Gasteiger partial charge in [-0.2, -0.15) is 0 Å². The van der Waals surface area contributed by atoms with Crippen molar-refractivity contribution in [1.82, 2.24) is 4.90 Å². The van der Waals surface area contributed by atoms with E-state index < -0.39 is 0 Å². The van der Waals surface area contributed by atoms with E-state index >= 15 is 0 Å². The summed E-state index contributed by atoms with van der Waals surface area (Å²) in [6.45, 7) is 1.50. The van der Waals surface area contributed by atoms with E-state index in [0.717, 1.165) is 32.4 Å². The van der Waals surface area contributed by atoms with E-state index in [1.165, 1.54) is 4.90 Å². The Hall–Kier alpha value is -2.50. The molecular weight excluding hydrogens is 411 g/mol. The molecule has 2 heterocycles. The molecule has 0 spiro atoms. The highest BCUT2D eigenvalue weighted by Gasteiger charge is 2.42. The highest BCUT2D eigenvalue weighted by molar-refractivity contribution is 6.46. The molecule has 0 saturated carbocycles. The van der Waals surface area contributed by atoms with Crippen LogP contribution in [0.4, 0.5) is 5.69 Å². The zero-order chi connectivity index (χ0) is 20.5. The van der Waals surface area contributed by atoms with Crippen molar-refractivity contribution in [2.24, 2.45) is 0 Å². The fourth-order valence-corrected chi connectivity index (χ4v) is 4.36. The van der Waals surface area contributed by atoms with E-state index in [4.69, 9.17) is 27.9 Å². The Labute approximate surface area is 179 Å². The topological polar surface area (TPSA) is 49.9 Å². The highest BCUT2D eigenvalue weighted by atomic mass is 35.5. The Balaban J connectivity index is 1.82. The molecule has 0 unspecified atom stereocenters. The molecule has 0 radical (unpaired) electrons. The Bertz CT molecular complexity index is 975. The average molecular weight is 431 g/mol. The van der Waals surface area contributed by atoms with Crippen molar-refractivity contribution < 1.29 is 14.3 Å². The van der Waals surface area contributed by atoms with Crippen molar-refractivity contribution >= 4 is 46.3 Å². The molecule has 5 nitrogen and oxygen atoms in total. The summed E-state index contributed by atoms with van der Waals surface area (Å²) < 4.78 is 5.22. The lowest BCUT2D eigenvalue weighted by Crippen LogP contribution is -2.37. The minimum atomic E-state index is -0.376. The van der Waals surface area contributed by atoms with Gasteiger partial charge in [-0.25, -0.2) is 4.90 Å².